The van der Waals surface area contributed by atoms with Crippen molar-refractivity contribution < 1.29 is 32.3 Å². The van der Waals surface area contributed by atoms with Crippen LogP contribution in [0.25, 0.3) is 0 Å². The average Bonchev–Trinajstić information content (AvgIpc) is 3.16. The molecule has 2 heterocycles. The molecule has 0 aromatic heterocycles. The van der Waals surface area contributed by atoms with Gasteiger partial charge in [0.05, 0.1) is 5.54 Å². The van der Waals surface area contributed by atoms with Gasteiger partial charge < -0.3 is 14.5 Å². The first-order valence-electron chi connectivity index (χ1n) is 9.94. The molecule has 10 heteroatoms. The second kappa shape index (κ2) is 7.05. The van der Waals surface area contributed by atoms with Gasteiger partial charge >= 0.3 is 18.2 Å². The standard InChI is InChI=1S/C19H28F3N3O4/c1-12-10-25(15(27)19(20,21)22)18(7-8-18)11-24(12)14(26)13-6-5-9-23(13)16(28)29-17(2,3)4/h12-13H,5-11H2,1-4H3/t12-,13-/m0/s1. The molecular formula is C19H28F3N3O4. The lowest BCUT2D eigenvalue weighted by Crippen LogP contribution is -2.65. The number of nitrogens with zero attached hydrogens (tertiary/aromatic N) is 3. The van der Waals surface area contributed by atoms with Crippen LogP contribution in [0.2, 0.25) is 0 Å². The van der Waals surface area contributed by atoms with Gasteiger partial charge in [0, 0.05) is 25.7 Å². The number of carbonyl (C=O) groups is 3. The molecule has 0 unspecified atom stereocenters. The van der Waals surface area contributed by atoms with E-state index in [-0.39, 0.29) is 19.0 Å². The van der Waals surface area contributed by atoms with Crippen LogP contribution in [0.3, 0.4) is 0 Å². The molecule has 3 aliphatic rings. The fraction of sp³-hybridized carbons (Fsp3) is 0.842. The molecule has 3 rings (SSSR count). The van der Waals surface area contributed by atoms with Gasteiger partial charge in [0.1, 0.15) is 11.6 Å². The van der Waals surface area contributed by atoms with Crippen molar-refractivity contribution in [3.63, 3.8) is 0 Å². The van der Waals surface area contributed by atoms with Crippen molar-refractivity contribution >= 4 is 17.9 Å². The van der Waals surface area contributed by atoms with Gasteiger partial charge in [0.15, 0.2) is 0 Å². The number of amides is 3. The average molecular weight is 419 g/mol. The third-order valence-electron chi connectivity index (χ3n) is 5.78. The summed E-state index contributed by atoms with van der Waals surface area (Å²) in [5, 5.41) is 0. The molecule has 164 valence electrons. The summed E-state index contributed by atoms with van der Waals surface area (Å²) in [5.41, 5.74) is -1.63. The molecule has 0 aromatic carbocycles. The molecule has 29 heavy (non-hydrogen) atoms. The third kappa shape index (κ3) is 4.30. The number of hydrogen-bond acceptors (Lipinski definition) is 4. The SMILES string of the molecule is C[C@H]1CN(C(=O)C(F)(F)F)C2(CC2)CN1C(=O)[C@@H]1CCCN1C(=O)OC(C)(C)C. The molecule has 1 aliphatic carbocycles. The number of halogens is 3. The van der Waals surface area contributed by atoms with Crippen molar-refractivity contribution in [3.05, 3.63) is 0 Å². The molecule has 3 fully saturated rings. The van der Waals surface area contributed by atoms with E-state index >= 15 is 0 Å². The van der Waals surface area contributed by atoms with E-state index in [0.29, 0.717) is 32.2 Å². The molecule has 0 N–H and O–H groups in total. The Morgan fingerprint density at radius 1 is 1.07 bits per heavy atom. The van der Waals surface area contributed by atoms with Crippen LogP contribution in [0, 0.1) is 0 Å². The van der Waals surface area contributed by atoms with Gasteiger partial charge in [-0.15, -0.1) is 0 Å². The Morgan fingerprint density at radius 3 is 2.21 bits per heavy atom. The summed E-state index contributed by atoms with van der Waals surface area (Å²) in [6.07, 6.45) is -3.48. The van der Waals surface area contributed by atoms with Crippen molar-refractivity contribution in [2.24, 2.45) is 0 Å². The summed E-state index contributed by atoms with van der Waals surface area (Å²) in [4.78, 5) is 41.4. The monoisotopic (exact) mass is 419 g/mol. The lowest BCUT2D eigenvalue weighted by atomic mass is 10.0. The van der Waals surface area contributed by atoms with E-state index in [4.69, 9.17) is 4.74 Å². The predicted molar refractivity (Wildman–Crippen MR) is 96.9 cm³/mol. The van der Waals surface area contributed by atoms with Crippen LogP contribution in [0.15, 0.2) is 0 Å². The quantitative estimate of drug-likeness (QED) is 0.655. The zero-order valence-electron chi connectivity index (χ0n) is 17.2. The Morgan fingerprint density at radius 2 is 1.69 bits per heavy atom. The van der Waals surface area contributed by atoms with Crippen molar-refractivity contribution in [1.29, 1.82) is 0 Å². The highest BCUT2D eigenvalue weighted by Gasteiger charge is 2.60. The van der Waals surface area contributed by atoms with Gasteiger partial charge in [-0.3, -0.25) is 14.5 Å². The van der Waals surface area contributed by atoms with E-state index < -0.39 is 41.4 Å². The smallest absolute Gasteiger partial charge is 0.444 e. The lowest BCUT2D eigenvalue weighted by molar-refractivity contribution is -0.193. The number of likely N-dealkylation sites (tertiary alicyclic amines) is 1. The largest absolute Gasteiger partial charge is 0.471 e. The molecule has 2 saturated heterocycles. The molecule has 2 atom stereocenters. The van der Waals surface area contributed by atoms with Gasteiger partial charge in [0.2, 0.25) is 5.91 Å². The Balaban J connectivity index is 1.73. The number of carbonyl (C=O) groups excluding carboxylic acids is 3. The third-order valence-corrected chi connectivity index (χ3v) is 5.78. The number of alkyl halides is 3. The summed E-state index contributed by atoms with van der Waals surface area (Å²) in [5.74, 6) is -2.13. The maximum atomic E-state index is 13.2. The molecule has 0 bridgehead atoms. The predicted octanol–water partition coefficient (Wildman–Crippen LogP) is 2.54. The summed E-state index contributed by atoms with van der Waals surface area (Å²) in [6, 6.07) is -1.26. The minimum atomic E-state index is -4.93. The fourth-order valence-corrected chi connectivity index (χ4v) is 4.19. The zero-order chi connectivity index (χ0) is 21.8. The van der Waals surface area contributed by atoms with Crippen molar-refractivity contribution in [3.8, 4) is 0 Å². The summed E-state index contributed by atoms with van der Waals surface area (Å²) >= 11 is 0. The first kappa shape index (κ1) is 21.7. The molecule has 0 radical (unpaired) electrons. The van der Waals surface area contributed by atoms with Crippen LogP contribution in [-0.2, 0) is 14.3 Å². The van der Waals surface area contributed by atoms with Crippen molar-refractivity contribution in [1.82, 2.24) is 14.7 Å². The number of hydrogen-bond donors (Lipinski definition) is 0. The molecule has 7 nitrogen and oxygen atoms in total. The number of piperazine rings is 1. The minimum Gasteiger partial charge on any atom is -0.444 e. The van der Waals surface area contributed by atoms with Crippen LogP contribution in [0.4, 0.5) is 18.0 Å². The fourth-order valence-electron chi connectivity index (χ4n) is 4.19. The summed E-state index contributed by atoms with van der Waals surface area (Å²) in [6.45, 7) is 7.17. The number of rotatable bonds is 1. The topological polar surface area (TPSA) is 70.2 Å². The van der Waals surface area contributed by atoms with Gasteiger partial charge in [0.25, 0.3) is 0 Å². The summed E-state index contributed by atoms with van der Waals surface area (Å²) in [7, 11) is 0. The minimum absolute atomic E-state index is 0.0630. The first-order chi connectivity index (χ1) is 13.3. The van der Waals surface area contributed by atoms with Crippen LogP contribution in [-0.4, -0.2) is 81.6 Å². The molecule has 0 aromatic rings. The Kier molecular flexibility index (Phi) is 5.28. The molecule has 1 spiro atoms. The maximum Gasteiger partial charge on any atom is 0.471 e. The second-order valence-corrected chi connectivity index (χ2v) is 9.28. The molecule has 3 amide bonds. The van der Waals surface area contributed by atoms with E-state index in [1.165, 1.54) is 4.90 Å². The van der Waals surface area contributed by atoms with E-state index in [1.807, 2.05) is 0 Å². The van der Waals surface area contributed by atoms with Crippen LogP contribution in [0.1, 0.15) is 53.4 Å². The van der Waals surface area contributed by atoms with E-state index in [1.54, 1.807) is 32.6 Å². The van der Waals surface area contributed by atoms with Crippen LogP contribution < -0.4 is 0 Å². The van der Waals surface area contributed by atoms with Crippen molar-refractivity contribution in [2.45, 2.75) is 82.8 Å². The Hall–Kier alpha value is -2.00. The van der Waals surface area contributed by atoms with E-state index in [2.05, 4.69) is 0 Å². The lowest BCUT2D eigenvalue weighted by Gasteiger charge is -2.47. The molecule has 2 aliphatic heterocycles. The van der Waals surface area contributed by atoms with E-state index in [0.717, 1.165) is 4.90 Å². The van der Waals surface area contributed by atoms with Crippen LogP contribution in [0.5, 0.6) is 0 Å². The van der Waals surface area contributed by atoms with Gasteiger partial charge in [-0.25, -0.2) is 4.79 Å². The van der Waals surface area contributed by atoms with Gasteiger partial charge in [-0.05, 0) is 53.4 Å². The highest BCUT2D eigenvalue weighted by Crippen LogP contribution is 2.47. The molecule has 1 saturated carbocycles. The van der Waals surface area contributed by atoms with Gasteiger partial charge in [-0.1, -0.05) is 0 Å². The van der Waals surface area contributed by atoms with Crippen molar-refractivity contribution in [2.75, 3.05) is 19.6 Å². The number of ether oxygens (including phenoxy) is 1. The summed E-state index contributed by atoms with van der Waals surface area (Å²) < 4.78 is 44.3. The molecular weight excluding hydrogens is 391 g/mol. The highest BCUT2D eigenvalue weighted by atomic mass is 19.4. The first-order valence-corrected chi connectivity index (χ1v) is 9.94. The zero-order valence-corrected chi connectivity index (χ0v) is 17.2. The second-order valence-electron chi connectivity index (χ2n) is 9.28. The highest BCUT2D eigenvalue weighted by molar-refractivity contribution is 5.88. The van der Waals surface area contributed by atoms with Gasteiger partial charge in [-0.2, -0.15) is 13.2 Å². The maximum absolute atomic E-state index is 13.2. The Labute approximate surface area is 168 Å². The van der Waals surface area contributed by atoms with E-state index in [9.17, 15) is 27.6 Å². The van der Waals surface area contributed by atoms with Crippen LogP contribution >= 0.6 is 0 Å². The Bertz CT molecular complexity index is 700. The normalized spacial score (nSPS) is 26.7.